The highest BCUT2D eigenvalue weighted by Crippen LogP contribution is 2.05. The summed E-state index contributed by atoms with van der Waals surface area (Å²) in [6.07, 6.45) is 2.08. The Hall–Kier alpha value is -1.97. The molecular formula is C13H15NO4. The van der Waals surface area contributed by atoms with Crippen LogP contribution in [-0.2, 0) is 20.9 Å². The summed E-state index contributed by atoms with van der Waals surface area (Å²) in [5, 5.41) is 8.73. The molecule has 1 aromatic carbocycles. The molecule has 0 amide bonds. The Morgan fingerprint density at radius 1 is 1.39 bits per heavy atom. The first kappa shape index (κ1) is 14.1. The Balaban J connectivity index is 2.18. The average Bonchev–Trinajstić information content (AvgIpc) is 2.38. The van der Waals surface area contributed by atoms with Crippen LogP contribution >= 0.6 is 0 Å². The molecule has 5 heteroatoms. The van der Waals surface area contributed by atoms with E-state index in [0.717, 1.165) is 5.56 Å². The number of aliphatic imine (C=N–C) groups is 1. The van der Waals surface area contributed by atoms with E-state index in [9.17, 15) is 9.59 Å². The zero-order valence-electron chi connectivity index (χ0n) is 9.91. The lowest BCUT2D eigenvalue weighted by Gasteiger charge is -2.06. The molecule has 0 radical (unpaired) electrons. The predicted octanol–water partition coefficient (Wildman–Crippen LogP) is 1.77. The van der Waals surface area contributed by atoms with Gasteiger partial charge in [-0.05, 0) is 18.4 Å². The number of benzene rings is 1. The summed E-state index contributed by atoms with van der Waals surface area (Å²) < 4.78 is 5.39. The van der Waals surface area contributed by atoms with Crippen LogP contribution in [-0.4, -0.2) is 29.8 Å². The second-order valence-electron chi connectivity index (χ2n) is 3.75. The van der Waals surface area contributed by atoms with Gasteiger partial charge in [0.05, 0.1) is 6.61 Å². The molecule has 0 spiro atoms. The summed E-state index contributed by atoms with van der Waals surface area (Å²) in [7, 11) is 0. The summed E-state index contributed by atoms with van der Waals surface area (Å²) in [4.78, 5) is 23.9. The Bertz CT molecular complexity index is 410. The molecule has 0 fully saturated rings. The van der Waals surface area contributed by atoms with Crippen LogP contribution in [0.25, 0.3) is 0 Å². The molecule has 96 valence electrons. The number of hydrogen-bond acceptors (Lipinski definition) is 4. The zero-order valence-corrected chi connectivity index (χ0v) is 9.91. The van der Waals surface area contributed by atoms with Crippen molar-refractivity contribution in [3.05, 3.63) is 35.9 Å². The van der Waals surface area contributed by atoms with E-state index >= 15 is 0 Å². The number of aliphatic carboxylic acids is 1. The molecule has 0 bridgehead atoms. The average molecular weight is 249 g/mol. The van der Waals surface area contributed by atoms with Crippen molar-refractivity contribution in [2.45, 2.75) is 25.5 Å². The first-order valence-corrected chi connectivity index (χ1v) is 5.65. The maximum Gasteiger partial charge on any atom is 0.329 e. The summed E-state index contributed by atoms with van der Waals surface area (Å²) in [5.74, 6) is -1.11. The molecule has 1 aromatic rings. The van der Waals surface area contributed by atoms with Gasteiger partial charge in [0, 0.05) is 6.61 Å². The fraction of sp³-hybridized carbons (Fsp3) is 0.385. The van der Waals surface area contributed by atoms with Gasteiger partial charge in [-0.15, -0.1) is 0 Å². The van der Waals surface area contributed by atoms with Gasteiger partial charge >= 0.3 is 5.97 Å². The van der Waals surface area contributed by atoms with Gasteiger partial charge in [0.25, 0.3) is 0 Å². The number of carboxylic acid groups (broad SMARTS) is 1. The van der Waals surface area contributed by atoms with Crippen molar-refractivity contribution >= 4 is 12.0 Å². The standard InChI is InChI=1S/C13H15NO4/c15-10-14-12(13(16)17)7-4-8-18-9-11-5-2-1-3-6-11/h1-3,5-6,12H,4,7-9H2,(H,16,17). The van der Waals surface area contributed by atoms with Gasteiger partial charge in [0.1, 0.15) is 0 Å². The van der Waals surface area contributed by atoms with Gasteiger partial charge in [0.2, 0.25) is 6.08 Å². The molecule has 1 rings (SSSR count). The summed E-state index contributed by atoms with van der Waals surface area (Å²) in [6.45, 7) is 0.933. The maximum absolute atomic E-state index is 10.7. The van der Waals surface area contributed by atoms with Crippen LogP contribution in [0.2, 0.25) is 0 Å². The number of hydrogen-bond donors (Lipinski definition) is 1. The van der Waals surface area contributed by atoms with Crippen molar-refractivity contribution in [2.24, 2.45) is 4.99 Å². The molecular weight excluding hydrogens is 234 g/mol. The van der Waals surface area contributed by atoms with Gasteiger partial charge in [-0.1, -0.05) is 30.3 Å². The van der Waals surface area contributed by atoms with Gasteiger partial charge in [-0.3, -0.25) is 0 Å². The van der Waals surface area contributed by atoms with Crippen molar-refractivity contribution in [3.63, 3.8) is 0 Å². The molecule has 0 aliphatic rings. The van der Waals surface area contributed by atoms with E-state index in [1.54, 1.807) is 0 Å². The highest BCUT2D eigenvalue weighted by Gasteiger charge is 2.15. The number of carbonyl (C=O) groups excluding carboxylic acids is 1. The highest BCUT2D eigenvalue weighted by molar-refractivity contribution is 5.74. The first-order chi connectivity index (χ1) is 8.74. The monoisotopic (exact) mass is 249 g/mol. The van der Waals surface area contributed by atoms with Crippen molar-refractivity contribution in [3.8, 4) is 0 Å². The summed E-state index contributed by atoms with van der Waals surface area (Å²) in [5.41, 5.74) is 1.07. The van der Waals surface area contributed by atoms with Crippen molar-refractivity contribution in [1.29, 1.82) is 0 Å². The number of nitrogens with zero attached hydrogens (tertiary/aromatic N) is 1. The summed E-state index contributed by atoms with van der Waals surface area (Å²) >= 11 is 0. The van der Waals surface area contributed by atoms with Gasteiger partial charge in [-0.2, -0.15) is 4.99 Å². The number of isocyanates is 1. The number of carbonyl (C=O) groups is 1. The quantitative estimate of drug-likeness (QED) is 0.433. The van der Waals surface area contributed by atoms with E-state index in [0.29, 0.717) is 19.6 Å². The minimum Gasteiger partial charge on any atom is -0.480 e. The lowest BCUT2D eigenvalue weighted by Crippen LogP contribution is -2.18. The van der Waals surface area contributed by atoms with Crippen molar-refractivity contribution < 1.29 is 19.4 Å². The lowest BCUT2D eigenvalue weighted by atomic mass is 10.2. The topological polar surface area (TPSA) is 76.0 Å². The second kappa shape index (κ2) is 8.17. The zero-order chi connectivity index (χ0) is 13.2. The van der Waals surface area contributed by atoms with Crippen molar-refractivity contribution in [1.82, 2.24) is 0 Å². The largest absolute Gasteiger partial charge is 0.480 e. The molecule has 0 saturated carbocycles. The molecule has 1 unspecified atom stereocenters. The minimum absolute atomic E-state index is 0.277. The lowest BCUT2D eigenvalue weighted by molar-refractivity contribution is -0.138. The Morgan fingerprint density at radius 3 is 2.72 bits per heavy atom. The fourth-order valence-electron chi connectivity index (χ4n) is 1.45. The van der Waals surface area contributed by atoms with E-state index in [2.05, 4.69) is 4.99 Å². The molecule has 1 atom stereocenters. The van der Waals surface area contributed by atoms with Crippen molar-refractivity contribution in [2.75, 3.05) is 6.61 Å². The molecule has 5 nitrogen and oxygen atoms in total. The van der Waals surface area contributed by atoms with E-state index in [1.165, 1.54) is 6.08 Å². The van der Waals surface area contributed by atoms with E-state index < -0.39 is 12.0 Å². The molecule has 0 aromatic heterocycles. The smallest absolute Gasteiger partial charge is 0.329 e. The normalized spacial score (nSPS) is 11.6. The summed E-state index contributed by atoms with van der Waals surface area (Å²) in [6, 6.07) is 8.68. The van der Waals surface area contributed by atoms with Crippen LogP contribution in [0.1, 0.15) is 18.4 Å². The van der Waals surface area contributed by atoms with E-state index in [1.807, 2.05) is 30.3 Å². The third-order valence-corrected chi connectivity index (χ3v) is 2.37. The predicted molar refractivity (Wildman–Crippen MR) is 64.9 cm³/mol. The number of rotatable bonds is 8. The maximum atomic E-state index is 10.7. The number of ether oxygens (including phenoxy) is 1. The SMILES string of the molecule is O=C=NC(CCCOCc1ccccc1)C(=O)O. The third kappa shape index (κ3) is 5.39. The van der Waals surface area contributed by atoms with Gasteiger partial charge < -0.3 is 9.84 Å². The van der Waals surface area contributed by atoms with Gasteiger partial charge in [-0.25, -0.2) is 9.59 Å². The van der Waals surface area contributed by atoms with Crippen LogP contribution < -0.4 is 0 Å². The Kier molecular flexibility index (Phi) is 6.40. The Morgan fingerprint density at radius 2 is 2.11 bits per heavy atom. The molecule has 0 saturated heterocycles. The van der Waals surface area contributed by atoms with Crippen LogP contribution in [0.3, 0.4) is 0 Å². The molecule has 18 heavy (non-hydrogen) atoms. The molecule has 1 N–H and O–H groups in total. The highest BCUT2D eigenvalue weighted by atomic mass is 16.5. The first-order valence-electron chi connectivity index (χ1n) is 5.65. The van der Waals surface area contributed by atoms with Gasteiger partial charge in [0.15, 0.2) is 6.04 Å². The molecule has 0 aliphatic heterocycles. The third-order valence-electron chi connectivity index (χ3n) is 2.37. The number of carboxylic acids is 1. The van der Waals surface area contributed by atoms with Crippen LogP contribution in [0.4, 0.5) is 0 Å². The van der Waals surface area contributed by atoms with Crippen LogP contribution in [0.15, 0.2) is 35.3 Å². The molecule has 0 aliphatic carbocycles. The fourth-order valence-corrected chi connectivity index (χ4v) is 1.45. The van der Waals surface area contributed by atoms with Crippen LogP contribution in [0, 0.1) is 0 Å². The van der Waals surface area contributed by atoms with E-state index in [4.69, 9.17) is 9.84 Å². The minimum atomic E-state index is -1.11. The molecule has 0 heterocycles. The van der Waals surface area contributed by atoms with Crippen LogP contribution in [0.5, 0.6) is 0 Å². The van der Waals surface area contributed by atoms with E-state index in [-0.39, 0.29) is 6.42 Å². The Labute approximate surface area is 105 Å². The second-order valence-corrected chi connectivity index (χ2v) is 3.75.